The summed E-state index contributed by atoms with van der Waals surface area (Å²) in [6, 6.07) is 10.00. The Morgan fingerprint density at radius 3 is 2.46 bits per heavy atom. The molecule has 0 spiro atoms. The molecule has 0 aliphatic rings. The van der Waals surface area contributed by atoms with E-state index in [-0.39, 0.29) is 15.7 Å². The molecule has 0 radical (unpaired) electrons. The maximum absolute atomic E-state index is 11.9. The highest BCUT2D eigenvalue weighted by molar-refractivity contribution is 6.42. The molecule has 0 fully saturated rings. The molecule has 2 aromatic rings. The van der Waals surface area contributed by atoms with Crippen LogP contribution in [0.1, 0.15) is 5.56 Å². The molecule has 8 heteroatoms. The van der Waals surface area contributed by atoms with Crippen molar-refractivity contribution in [1.29, 1.82) is 0 Å². The Labute approximate surface area is 165 Å². The smallest absolute Gasteiger partial charge is 0.331 e. The van der Waals surface area contributed by atoms with Gasteiger partial charge in [0, 0.05) is 11.1 Å². The van der Waals surface area contributed by atoms with E-state index in [1.54, 1.807) is 37.5 Å². The van der Waals surface area contributed by atoms with Crippen molar-refractivity contribution in [2.75, 3.05) is 19.0 Å². The van der Waals surface area contributed by atoms with Crippen LogP contribution in [0.15, 0.2) is 42.5 Å². The SMILES string of the molecule is COc1cccc(/C=C/C(=O)OCC(=O)Nc2c(Cl)cc(Cl)cc2Cl)c1. The third-order valence-corrected chi connectivity index (χ3v) is 3.94. The van der Waals surface area contributed by atoms with E-state index in [1.807, 2.05) is 0 Å². The minimum absolute atomic E-state index is 0.181. The molecule has 136 valence electrons. The molecule has 0 saturated heterocycles. The van der Waals surface area contributed by atoms with Crippen LogP contribution in [0.25, 0.3) is 6.08 Å². The zero-order valence-corrected chi connectivity index (χ0v) is 15.9. The number of rotatable bonds is 6. The summed E-state index contributed by atoms with van der Waals surface area (Å²) in [4.78, 5) is 23.6. The molecule has 5 nitrogen and oxygen atoms in total. The molecule has 0 aliphatic carbocycles. The summed E-state index contributed by atoms with van der Waals surface area (Å²) in [7, 11) is 1.55. The fourth-order valence-electron chi connectivity index (χ4n) is 1.93. The van der Waals surface area contributed by atoms with Crippen molar-refractivity contribution in [1.82, 2.24) is 0 Å². The monoisotopic (exact) mass is 413 g/mol. The van der Waals surface area contributed by atoms with Gasteiger partial charge in [0.25, 0.3) is 5.91 Å². The number of carbonyl (C=O) groups is 2. The molecular formula is C18H14Cl3NO4. The van der Waals surface area contributed by atoms with Gasteiger partial charge >= 0.3 is 5.97 Å². The second-order valence-corrected chi connectivity index (χ2v) is 6.26. The molecule has 1 N–H and O–H groups in total. The first-order chi connectivity index (χ1) is 12.4. The molecule has 26 heavy (non-hydrogen) atoms. The van der Waals surface area contributed by atoms with Crippen LogP contribution in [0.2, 0.25) is 15.1 Å². The number of hydrogen-bond acceptors (Lipinski definition) is 4. The van der Waals surface area contributed by atoms with Gasteiger partial charge in [-0.15, -0.1) is 0 Å². The molecular weight excluding hydrogens is 401 g/mol. The van der Waals surface area contributed by atoms with Crippen molar-refractivity contribution in [2.24, 2.45) is 0 Å². The van der Waals surface area contributed by atoms with Gasteiger partial charge in [-0.2, -0.15) is 0 Å². The highest BCUT2D eigenvalue weighted by Crippen LogP contribution is 2.33. The van der Waals surface area contributed by atoms with Gasteiger partial charge in [0.1, 0.15) is 5.75 Å². The molecule has 0 bridgehead atoms. The highest BCUT2D eigenvalue weighted by Gasteiger charge is 2.12. The van der Waals surface area contributed by atoms with Crippen molar-refractivity contribution in [3.05, 3.63) is 63.1 Å². The van der Waals surface area contributed by atoms with E-state index >= 15 is 0 Å². The second kappa shape index (κ2) is 9.48. The summed E-state index contributed by atoms with van der Waals surface area (Å²) in [6.45, 7) is -0.490. The van der Waals surface area contributed by atoms with Crippen molar-refractivity contribution < 1.29 is 19.1 Å². The summed E-state index contributed by atoms with van der Waals surface area (Å²) >= 11 is 17.7. The fraction of sp³-hybridized carbons (Fsp3) is 0.111. The van der Waals surface area contributed by atoms with E-state index in [4.69, 9.17) is 44.3 Å². The zero-order valence-electron chi connectivity index (χ0n) is 13.6. The standard InChI is InChI=1S/C18H14Cl3NO4/c1-25-13-4-2-3-11(7-13)5-6-17(24)26-10-16(23)22-18-14(20)8-12(19)9-15(18)21/h2-9H,10H2,1H3,(H,22,23)/b6-5+. The minimum atomic E-state index is -0.670. The van der Waals surface area contributed by atoms with Crippen LogP contribution < -0.4 is 10.1 Å². The molecule has 0 aliphatic heterocycles. The normalized spacial score (nSPS) is 10.6. The maximum atomic E-state index is 11.9. The van der Waals surface area contributed by atoms with Crippen molar-refractivity contribution in [3.63, 3.8) is 0 Å². The first-order valence-electron chi connectivity index (χ1n) is 7.32. The Balaban J connectivity index is 1.89. The van der Waals surface area contributed by atoms with Gasteiger partial charge in [-0.05, 0) is 35.9 Å². The zero-order chi connectivity index (χ0) is 19.1. The van der Waals surface area contributed by atoms with Crippen molar-refractivity contribution in [2.45, 2.75) is 0 Å². The quantitative estimate of drug-likeness (QED) is 0.542. The Morgan fingerprint density at radius 1 is 1.12 bits per heavy atom. The number of halogens is 3. The van der Waals surface area contributed by atoms with Crippen LogP contribution in [0, 0.1) is 0 Å². The van der Waals surface area contributed by atoms with Crippen LogP contribution in [0.3, 0.4) is 0 Å². The summed E-state index contributed by atoms with van der Waals surface area (Å²) in [5.74, 6) is -0.591. The Kier molecular flexibility index (Phi) is 7.33. The van der Waals surface area contributed by atoms with Crippen LogP contribution in [-0.4, -0.2) is 25.6 Å². The van der Waals surface area contributed by atoms with E-state index in [0.717, 1.165) is 5.56 Å². The average molecular weight is 415 g/mol. The summed E-state index contributed by atoms with van der Waals surface area (Å²) in [5.41, 5.74) is 0.955. The van der Waals surface area contributed by atoms with Crippen molar-refractivity contribution >= 4 is 58.4 Å². The number of methoxy groups -OCH3 is 1. The first-order valence-corrected chi connectivity index (χ1v) is 8.45. The number of benzene rings is 2. The van der Waals surface area contributed by atoms with Gasteiger partial charge in [0.2, 0.25) is 0 Å². The number of carbonyl (C=O) groups excluding carboxylic acids is 2. The largest absolute Gasteiger partial charge is 0.497 e. The van der Waals surface area contributed by atoms with Crippen LogP contribution in [-0.2, 0) is 14.3 Å². The topological polar surface area (TPSA) is 64.6 Å². The van der Waals surface area contributed by atoms with Crippen LogP contribution in [0.4, 0.5) is 5.69 Å². The number of esters is 1. The van der Waals surface area contributed by atoms with Crippen LogP contribution >= 0.6 is 34.8 Å². The number of amides is 1. The second-order valence-electron chi connectivity index (χ2n) is 5.01. The Morgan fingerprint density at radius 2 is 1.81 bits per heavy atom. The predicted octanol–water partition coefficient (Wildman–Crippen LogP) is 4.85. The summed E-state index contributed by atoms with van der Waals surface area (Å²) in [6.07, 6.45) is 2.76. The van der Waals surface area contributed by atoms with Gasteiger partial charge < -0.3 is 14.8 Å². The Bertz CT molecular complexity index is 829. The lowest BCUT2D eigenvalue weighted by atomic mass is 10.2. The number of nitrogens with one attached hydrogen (secondary N) is 1. The fourth-order valence-corrected chi connectivity index (χ4v) is 2.84. The lowest BCUT2D eigenvalue weighted by molar-refractivity contribution is -0.142. The number of ether oxygens (including phenoxy) is 2. The number of anilines is 1. The third kappa shape index (κ3) is 5.95. The summed E-state index contributed by atoms with van der Waals surface area (Å²) < 4.78 is 9.97. The van der Waals surface area contributed by atoms with E-state index in [9.17, 15) is 9.59 Å². The van der Waals surface area contributed by atoms with E-state index in [2.05, 4.69) is 5.32 Å². The average Bonchev–Trinajstić information content (AvgIpc) is 2.61. The highest BCUT2D eigenvalue weighted by atomic mass is 35.5. The molecule has 1 amide bonds. The molecule has 0 aromatic heterocycles. The van der Waals surface area contributed by atoms with Crippen molar-refractivity contribution in [3.8, 4) is 5.75 Å². The molecule has 0 atom stereocenters. The molecule has 0 unspecified atom stereocenters. The molecule has 0 heterocycles. The number of hydrogen-bond donors (Lipinski definition) is 1. The predicted molar refractivity (Wildman–Crippen MR) is 103 cm³/mol. The third-order valence-electron chi connectivity index (χ3n) is 3.12. The van der Waals surface area contributed by atoms with Gasteiger partial charge in [0.15, 0.2) is 6.61 Å². The van der Waals surface area contributed by atoms with Gasteiger partial charge in [0.05, 0.1) is 22.8 Å². The minimum Gasteiger partial charge on any atom is -0.497 e. The van der Waals surface area contributed by atoms with E-state index in [1.165, 1.54) is 18.2 Å². The maximum Gasteiger partial charge on any atom is 0.331 e. The molecule has 2 aromatic carbocycles. The first kappa shape index (κ1) is 20.1. The van der Waals surface area contributed by atoms with Gasteiger partial charge in [-0.3, -0.25) is 4.79 Å². The van der Waals surface area contributed by atoms with Crippen LogP contribution in [0.5, 0.6) is 5.75 Å². The van der Waals surface area contributed by atoms with E-state index in [0.29, 0.717) is 10.8 Å². The lowest BCUT2D eigenvalue weighted by Gasteiger charge is -2.09. The molecule has 0 saturated carbocycles. The molecule has 2 rings (SSSR count). The van der Waals surface area contributed by atoms with Gasteiger partial charge in [-0.25, -0.2) is 4.79 Å². The summed E-state index contributed by atoms with van der Waals surface area (Å²) in [5, 5.41) is 3.17. The lowest BCUT2D eigenvalue weighted by Crippen LogP contribution is -2.20. The Hall–Kier alpha value is -2.21. The van der Waals surface area contributed by atoms with E-state index < -0.39 is 18.5 Å². The van der Waals surface area contributed by atoms with Gasteiger partial charge in [-0.1, -0.05) is 46.9 Å².